The van der Waals surface area contributed by atoms with Crippen molar-refractivity contribution in [2.75, 3.05) is 4.90 Å². The van der Waals surface area contributed by atoms with Gasteiger partial charge in [0.25, 0.3) is 0 Å². The van der Waals surface area contributed by atoms with Gasteiger partial charge in [-0.25, -0.2) is 0 Å². The predicted molar refractivity (Wildman–Crippen MR) is 213 cm³/mol. The molecule has 10 rings (SSSR count). The van der Waals surface area contributed by atoms with Crippen LogP contribution in [-0.4, -0.2) is 0 Å². The Bertz CT molecular complexity index is 2560. The lowest BCUT2D eigenvalue weighted by Crippen LogP contribution is -2.28. The summed E-state index contributed by atoms with van der Waals surface area (Å²) in [6, 6.07) is 69.7. The topological polar surface area (TPSA) is 3.24 Å². The van der Waals surface area contributed by atoms with Crippen LogP contribution >= 0.6 is 0 Å². The molecule has 0 N–H and O–H groups in total. The van der Waals surface area contributed by atoms with Crippen molar-refractivity contribution in [1.82, 2.24) is 0 Å². The first kappa shape index (κ1) is 29.7. The van der Waals surface area contributed by atoms with Crippen LogP contribution in [-0.2, 0) is 10.8 Å². The van der Waals surface area contributed by atoms with Crippen LogP contribution in [0.1, 0.15) is 47.2 Å². The van der Waals surface area contributed by atoms with E-state index < -0.39 is 5.41 Å². The summed E-state index contributed by atoms with van der Waals surface area (Å²) in [4.78, 5) is 2.41. The molecule has 0 aliphatic heterocycles. The summed E-state index contributed by atoms with van der Waals surface area (Å²) in [6.07, 6.45) is 0. The Morgan fingerprint density at radius 1 is 0.333 bits per heavy atom. The summed E-state index contributed by atoms with van der Waals surface area (Å²) in [7, 11) is 0. The van der Waals surface area contributed by atoms with E-state index in [1.54, 1.807) is 0 Å². The maximum absolute atomic E-state index is 2.45. The van der Waals surface area contributed by atoms with Gasteiger partial charge in [-0.3, -0.25) is 0 Å². The molecule has 2 aliphatic rings. The average Bonchev–Trinajstić information content (AvgIpc) is 3.60. The molecule has 0 fully saturated rings. The van der Waals surface area contributed by atoms with Gasteiger partial charge in [0, 0.05) is 22.5 Å². The summed E-state index contributed by atoms with van der Waals surface area (Å²) < 4.78 is 0. The molecular weight excluding hydrogens is 615 g/mol. The summed E-state index contributed by atoms with van der Waals surface area (Å²) >= 11 is 0. The largest absolute Gasteiger partial charge is 0.310 e. The lowest BCUT2D eigenvalue weighted by Gasteiger charge is -2.34. The van der Waals surface area contributed by atoms with Crippen molar-refractivity contribution in [1.29, 1.82) is 0 Å². The molecule has 8 aromatic rings. The fourth-order valence-corrected chi connectivity index (χ4v) is 9.17. The highest BCUT2D eigenvalue weighted by Gasteiger charge is 2.46. The third kappa shape index (κ3) is 4.28. The molecule has 242 valence electrons. The Hall–Kier alpha value is -6.18. The molecule has 51 heavy (non-hydrogen) atoms. The van der Waals surface area contributed by atoms with Crippen molar-refractivity contribution < 1.29 is 0 Å². The second-order valence-corrected chi connectivity index (χ2v) is 14.5. The smallest absolute Gasteiger partial charge is 0.0713 e. The standard InChI is InChI=1S/C50H37N/c1-49(2)45-24-14-12-22-41(45)43-29-28-40(33-47(43)49)51(38-20-10-5-11-21-38)39-27-26-34-32-48-44(31-35(34)30-39)42-23-13-15-25-46(42)50(48,36-16-6-3-7-17-36)37-18-8-4-9-19-37/h3-33H,1-2H3. The monoisotopic (exact) mass is 651 g/mol. The number of rotatable bonds is 5. The Kier molecular flexibility index (Phi) is 6.51. The first-order chi connectivity index (χ1) is 25.0. The van der Waals surface area contributed by atoms with Crippen molar-refractivity contribution in [3.05, 3.63) is 221 Å². The summed E-state index contributed by atoms with van der Waals surface area (Å²) in [5, 5.41) is 2.47. The number of nitrogens with zero attached hydrogens (tertiary/aromatic N) is 1. The fourth-order valence-electron chi connectivity index (χ4n) is 9.17. The molecule has 1 heteroatoms. The third-order valence-electron chi connectivity index (χ3n) is 11.5. The van der Waals surface area contributed by atoms with E-state index in [-0.39, 0.29) is 5.41 Å². The number of benzene rings is 8. The van der Waals surface area contributed by atoms with Crippen LogP contribution in [0.4, 0.5) is 17.1 Å². The quantitative estimate of drug-likeness (QED) is 0.179. The van der Waals surface area contributed by atoms with Gasteiger partial charge in [0.2, 0.25) is 0 Å². The second kappa shape index (κ2) is 11.2. The minimum absolute atomic E-state index is 0.0777. The molecular formula is C50H37N. The van der Waals surface area contributed by atoms with Gasteiger partial charge >= 0.3 is 0 Å². The highest BCUT2D eigenvalue weighted by atomic mass is 15.1. The SMILES string of the molecule is CC1(C)c2ccccc2-c2ccc(N(c3ccccc3)c3ccc4cc5c(cc4c3)-c3ccccc3C5(c3ccccc3)c3ccccc3)cc21. The van der Waals surface area contributed by atoms with Crippen molar-refractivity contribution in [3.8, 4) is 22.3 Å². The van der Waals surface area contributed by atoms with E-state index in [2.05, 4.69) is 207 Å². The highest BCUT2D eigenvalue weighted by Crippen LogP contribution is 2.57. The Labute approximate surface area is 300 Å². The molecule has 0 unspecified atom stereocenters. The van der Waals surface area contributed by atoms with Crippen molar-refractivity contribution in [2.24, 2.45) is 0 Å². The molecule has 8 aromatic carbocycles. The van der Waals surface area contributed by atoms with Crippen molar-refractivity contribution in [3.63, 3.8) is 0 Å². The molecule has 0 saturated carbocycles. The minimum Gasteiger partial charge on any atom is -0.310 e. The minimum atomic E-state index is -0.411. The number of anilines is 3. The summed E-state index contributed by atoms with van der Waals surface area (Å²) in [5.74, 6) is 0. The first-order valence-corrected chi connectivity index (χ1v) is 17.9. The molecule has 0 atom stereocenters. The molecule has 0 aromatic heterocycles. The van der Waals surface area contributed by atoms with Crippen LogP contribution < -0.4 is 4.90 Å². The average molecular weight is 652 g/mol. The highest BCUT2D eigenvalue weighted by molar-refractivity contribution is 5.98. The van der Waals surface area contributed by atoms with Crippen molar-refractivity contribution in [2.45, 2.75) is 24.7 Å². The second-order valence-electron chi connectivity index (χ2n) is 14.5. The van der Waals surface area contributed by atoms with Gasteiger partial charge in [0.15, 0.2) is 0 Å². The molecule has 0 amide bonds. The molecule has 0 radical (unpaired) electrons. The van der Waals surface area contributed by atoms with E-state index in [1.807, 2.05) is 0 Å². The normalized spacial score (nSPS) is 14.4. The van der Waals surface area contributed by atoms with E-state index >= 15 is 0 Å². The molecule has 0 bridgehead atoms. The van der Waals surface area contributed by atoms with Crippen LogP contribution in [0.3, 0.4) is 0 Å². The van der Waals surface area contributed by atoms with E-state index in [4.69, 9.17) is 0 Å². The fraction of sp³-hybridized carbons (Fsp3) is 0.0800. The number of fused-ring (bicyclic) bond motifs is 7. The zero-order valence-corrected chi connectivity index (χ0v) is 28.8. The zero-order valence-electron chi connectivity index (χ0n) is 28.8. The van der Waals surface area contributed by atoms with Gasteiger partial charge in [-0.2, -0.15) is 0 Å². The molecule has 1 nitrogen and oxygen atoms in total. The van der Waals surface area contributed by atoms with Gasteiger partial charge in [-0.05, 0) is 115 Å². The Morgan fingerprint density at radius 2 is 0.863 bits per heavy atom. The number of para-hydroxylation sites is 1. The maximum Gasteiger partial charge on any atom is 0.0713 e. The van der Waals surface area contributed by atoms with Crippen molar-refractivity contribution >= 4 is 27.8 Å². The van der Waals surface area contributed by atoms with Gasteiger partial charge in [0.1, 0.15) is 0 Å². The first-order valence-electron chi connectivity index (χ1n) is 17.9. The van der Waals surface area contributed by atoms with Gasteiger partial charge in [0.05, 0.1) is 5.41 Å². The van der Waals surface area contributed by atoms with Crippen LogP contribution in [0, 0.1) is 0 Å². The zero-order chi connectivity index (χ0) is 34.2. The maximum atomic E-state index is 2.45. The van der Waals surface area contributed by atoms with Crippen LogP contribution in [0.15, 0.2) is 188 Å². The lowest BCUT2D eigenvalue weighted by molar-refractivity contribution is 0.660. The summed E-state index contributed by atoms with van der Waals surface area (Å²) in [5.41, 5.74) is 16.2. The Morgan fingerprint density at radius 3 is 1.55 bits per heavy atom. The lowest BCUT2D eigenvalue weighted by atomic mass is 9.67. The Balaban J connectivity index is 1.18. The van der Waals surface area contributed by atoms with Crippen LogP contribution in [0.25, 0.3) is 33.0 Å². The van der Waals surface area contributed by atoms with Gasteiger partial charge < -0.3 is 4.90 Å². The van der Waals surface area contributed by atoms with E-state index in [0.29, 0.717) is 0 Å². The van der Waals surface area contributed by atoms with Crippen LogP contribution in [0.2, 0.25) is 0 Å². The van der Waals surface area contributed by atoms with Crippen LogP contribution in [0.5, 0.6) is 0 Å². The molecule has 2 aliphatic carbocycles. The number of hydrogen-bond donors (Lipinski definition) is 0. The van der Waals surface area contributed by atoms with E-state index in [1.165, 1.54) is 72.1 Å². The van der Waals surface area contributed by atoms with E-state index in [0.717, 1.165) is 11.4 Å². The molecule has 0 saturated heterocycles. The van der Waals surface area contributed by atoms with Gasteiger partial charge in [-0.15, -0.1) is 0 Å². The summed E-state index contributed by atoms with van der Waals surface area (Å²) in [6.45, 7) is 4.71. The molecule has 0 heterocycles. The number of hydrogen-bond acceptors (Lipinski definition) is 1. The molecule has 0 spiro atoms. The van der Waals surface area contributed by atoms with E-state index in [9.17, 15) is 0 Å². The third-order valence-corrected chi connectivity index (χ3v) is 11.5. The predicted octanol–water partition coefficient (Wildman–Crippen LogP) is 13.0. The van der Waals surface area contributed by atoms with Gasteiger partial charge in [-0.1, -0.05) is 153 Å².